The van der Waals surface area contributed by atoms with Gasteiger partial charge in [-0.15, -0.1) is 0 Å². The van der Waals surface area contributed by atoms with Gasteiger partial charge in [0.15, 0.2) is 0 Å². The molecule has 96 valence electrons. The van der Waals surface area contributed by atoms with Crippen molar-refractivity contribution < 1.29 is 5.11 Å². The number of benzene rings is 1. The molecule has 0 aliphatic rings. The lowest BCUT2D eigenvalue weighted by atomic mass is 10.1. The standard InChI is InChI=1S/C14H23NOS/c1-10-7-13(8-11(2)14(10)16)9-15-12(3)5-6-17-4/h7-8,12,15-16H,5-6,9H2,1-4H3. The van der Waals surface area contributed by atoms with Gasteiger partial charge >= 0.3 is 0 Å². The van der Waals surface area contributed by atoms with Crippen LogP contribution in [0.15, 0.2) is 12.1 Å². The first-order valence-electron chi connectivity index (χ1n) is 6.06. The maximum Gasteiger partial charge on any atom is 0.121 e. The van der Waals surface area contributed by atoms with Crippen LogP contribution in [0.2, 0.25) is 0 Å². The van der Waals surface area contributed by atoms with Gasteiger partial charge in [-0.05, 0) is 55.9 Å². The van der Waals surface area contributed by atoms with E-state index in [-0.39, 0.29) is 0 Å². The lowest BCUT2D eigenvalue weighted by Crippen LogP contribution is -2.26. The van der Waals surface area contributed by atoms with Crippen LogP contribution in [0, 0.1) is 13.8 Å². The molecule has 1 aromatic carbocycles. The molecule has 0 spiro atoms. The van der Waals surface area contributed by atoms with Crippen molar-refractivity contribution in [1.29, 1.82) is 0 Å². The fourth-order valence-electron chi connectivity index (χ4n) is 1.84. The van der Waals surface area contributed by atoms with E-state index in [9.17, 15) is 5.11 Å². The summed E-state index contributed by atoms with van der Waals surface area (Å²) >= 11 is 1.89. The maximum atomic E-state index is 9.70. The number of rotatable bonds is 6. The van der Waals surface area contributed by atoms with Gasteiger partial charge in [-0.25, -0.2) is 0 Å². The summed E-state index contributed by atoms with van der Waals surface area (Å²) in [5.74, 6) is 1.62. The second-order valence-corrected chi connectivity index (χ2v) is 5.63. The Hall–Kier alpha value is -0.670. The minimum absolute atomic E-state index is 0.421. The van der Waals surface area contributed by atoms with E-state index in [0.717, 1.165) is 17.7 Å². The summed E-state index contributed by atoms with van der Waals surface area (Å²) in [5.41, 5.74) is 3.16. The Morgan fingerprint density at radius 3 is 2.41 bits per heavy atom. The molecule has 0 bridgehead atoms. The first-order valence-corrected chi connectivity index (χ1v) is 7.45. The third-order valence-electron chi connectivity index (χ3n) is 2.96. The van der Waals surface area contributed by atoms with Crippen molar-refractivity contribution in [1.82, 2.24) is 5.32 Å². The lowest BCUT2D eigenvalue weighted by Gasteiger charge is -2.14. The van der Waals surface area contributed by atoms with E-state index in [0.29, 0.717) is 11.8 Å². The van der Waals surface area contributed by atoms with Crippen molar-refractivity contribution in [3.8, 4) is 5.75 Å². The maximum absolute atomic E-state index is 9.70. The molecule has 2 N–H and O–H groups in total. The number of thioether (sulfide) groups is 1. The highest BCUT2D eigenvalue weighted by molar-refractivity contribution is 7.98. The molecular weight excluding hydrogens is 230 g/mol. The normalized spacial score (nSPS) is 12.7. The first kappa shape index (κ1) is 14.4. The average Bonchev–Trinajstić information content (AvgIpc) is 2.30. The SMILES string of the molecule is CSCCC(C)NCc1cc(C)c(O)c(C)c1. The van der Waals surface area contributed by atoms with Gasteiger partial charge in [0.2, 0.25) is 0 Å². The number of phenolic OH excluding ortho intramolecular Hbond substituents is 1. The van der Waals surface area contributed by atoms with E-state index in [4.69, 9.17) is 0 Å². The van der Waals surface area contributed by atoms with Crippen LogP contribution in [0.25, 0.3) is 0 Å². The van der Waals surface area contributed by atoms with Gasteiger partial charge in [-0.1, -0.05) is 12.1 Å². The number of phenols is 1. The Morgan fingerprint density at radius 1 is 1.29 bits per heavy atom. The highest BCUT2D eigenvalue weighted by Crippen LogP contribution is 2.22. The predicted molar refractivity (Wildman–Crippen MR) is 76.9 cm³/mol. The molecule has 1 atom stereocenters. The second kappa shape index (κ2) is 6.92. The summed E-state index contributed by atoms with van der Waals surface area (Å²) in [5, 5.41) is 13.2. The summed E-state index contributed by atoms with van der Waals surface area (Å²) in [6.07, 6.45) is 3.33. The fraction of sp³-hybridized carbons (Fsp3) is 0.571. The monoisotopic (exact) mass is 253 g/mol. The second-order valence-electron chi connectivity index (χ2n) is 4.64. The summed E-state index contributed by atoms with van der Waals surface area (Å²) in [4.78, 5) is 0. The molecule has 0 aromatic heterocycles. The van der Waals surface area contributed by atoms with E-state index in [1.54, 1.807) is 0 Å². The zero-order valence-electron chi connectivity index (χ0n) is 11.2. The average molecular weight is 253 g/mol. The van der Waals surface area contributed by atoms with E-state index in [2.05, 4.69) is 30.6 Å². The van der Waals surface area contributed by atoms with Gasteiger partial charge in [0.05, 0.1) is 0 Å². The van der Waals surface area contributed by atoms with Gasteiger partial charge in [0.25, 0.3) is 0 Å². The molecule has 17 heavy (non-hydrogen) atoms. The summed E-state index contributed by atoms with van der Waals surface area (Å²) < 4.78 is 0. The molecule has 0 saturated heterocycles. The summed E-state index contributed by atoms with van der Waals surface area (Å²) in [6.45, 7) is 6.99. The number of hydrogen-bond acceptors (Lipinski definition) is 3. The minimum atomic E-state index is 0.421. The molecule has 0 aliphatic carbocycles. The van der Waals surface area contributed by atoms with Crippen LogP contribution >= 0.6 is 11.8 Å². The molecule has 1 aromatic rings. The van der Waals surface area contributed by atoms with Crippen molar-refractivity contribution in [2.45, 2.75) is 39.8 Å². The van der Waals surface area contributed by atoms with Gasteiger partial charge < -0.3 is 10.4 Å². The zero-order chi connectivity index (χ0) is 12.8. The molecule has 1 unspecified atom stereocenters. The Balaban J connectivity index is 2.52. The van der Waals surface area contributed by atoms with Crippen molar-refractivity contribution in [2.24, 2.45) is 0 Å². The van der Waals surface area contributed by atoms with E-state index >= 15 is 0 Å². The molecule has 0 saturated carbocycles. The Kier molecular flexibility index (Phi) is 5.86. The molecule has 0 fully saturated rings. The van der Waals surface area contributed by atoms with Crippen LogP contribution in [-0.2, 0) is 6.54 Å². The Bertz CT molecular complexity index is 342. The molecule has 0 heterocycles. The number of aryl methyl sites for hydroxylation is 2. The van der Waals surface area contributed by atoms with E-state index in [1.807, 2.05) is 25.6 Å². The molecule has 3 heteroatoms. The summed E-state index contributed by atoms with van der Waals surface area (Å²) in [6, 6.07) is 4.64. The number of aromatic hydroxyl groups is 1. The smallest absolute Gasteiger partial charge is 0.121 e. The Labute approximate surface area is 109 Å². The topological polar surface area (TPSA) is 32.3 Å². The summed E-state index contributed by atoms with van der Waals surface area (Å²) in [7, 11) is 0. The predicted octanol–water partition coefficient (Wildman–Crippen LogP) is 3.24. The zero-order valence-corrected chi connectivity index (χ0v) is 12.0. The van der Waals surface area contributed by atoms with Crippen molar-refractivity contribution in [3.63, 3.8) is 0 Å². The van der Waals surface area contributed by atoms with Crippen molar-refractivity contribution >= 4 is 11.8 Å². The Morgan fingerprint density at radius 2 is 1.88 bits per heavy atom. The minimum Gasteiger partial charge on any atom is -0.507 e. The van der Waals surface area contributed by atoms with Gasteiger partial charge in [0, 0.05) is 12.6 Å². The van der Waals surface area contributed by atoms with E-state index in [1.165, 1.54) is 17.7 Å². The van der Waals surface area contributed by atoms with Crippen LogP contribution < -0.4 is 5.32 Å². The van der Waals surface area contributed by atoms with Crippen LogP contribution in [0.1, 0.15) is 30.0 Å². The quantitative estimate of drug-likeness (QED) is 0.816. The van der Waals surface area contributed by atoms with Gasteiger partial charge in [0.1, 0.15) is 5.75 Å². The third-order valence-corrected chi connectivity index (χ3v) is 3.60. The first-order chi connectivity index (χ1) is 8.04. The van der Waals surface area contributed by atoms with Gasteiger partial charge in [-0.3, -0.25) is 0 Å². The van der Waals surface area contributed by atoms with Crippen LogP contribution in [0.4, 0.5) is 0 Å². The molecule has 0 radical (unpaired) electrons. The van der Waals surface area contributed by atoms with E-state index < -0.39 is 0 Å². The number of nitrogens with one attached hydrogen (secondary N) is 1. The van der Waals surface area contributed by atoms with Crippen LogP contribution in [0.5, 0.6) is 5.75 Å². The molecular formula is C14H23NOS. The molecule has 1 rings (SSSR count). The van der Waals surface area contributed by atoms with Crippen LogP contribution in [-0.4, -0.2) is 23.2 Å². The molecule has 2 nitrogen and oxygen atoms in total. The number of hydrogen-bond donors (Lipinski definition) is 2. The van der Waals surface area contributed by atoms with Crippen molar-refractivity contribution in [3.05, 3.63) is 28.8 Å². The lowest BCUT2D eigenvalue weighted by molar-refractivity contribution is 0.466. The third kappa shape index (κ3) is 4.60. The largest absolute Gasteiger partial charge is 0.507 e. The van der Waals surface area contributed by atoms with Crippen molar-refractivity contribution in [2.75, 3.05) is 12.0 Å². The molecule has 0 amide bonds. The van der Waals surface area contributed by atoms with Crippen LogP contribution in [0.3, 0.4) is 0 Å². The molecule has 0 aliphatic heterocycles. The van der Waals surface area contributed by atoms with Gasteiger partial charge in [-0.2, -0.15) is 11.8 Å². The highest BCUT2D eigenvalue weighted by atomic mass is 32.2. The highest BCUT2D eigenvalue weighted by Gasteiger charge is 2.05. The fourth-order valence-corrected chi connectivity index (χ4v) is 2.43.